The van der Waals surface area contributed by atoms with Crippen LogP contribution in [-0.4, -0.2) is 49.8 Å². The lowest BCUT2D eigenvalue weighted by Crippen LogP contribution is -2.26. The molecule has 1 aromatic heterocycles. The van der Waals surface area contributed by atoms with Gasteiger partial charge in [0.05, 0.1) is 38.2 Å². The van der Waals surface area contributed by atoms with Crippen molar-refractivity contribution in [2.75, 3.05) is 38.3 Å². The molecule has 1 aromatic rings. The number of ether oxygens (including phenoxy) is 2. The second kappa shape index (κ2) is 12.5. The molecule has 0 aromatic carbocycles. The minimum absolute atomic E-state index is 0.114. The van der Waals surface area contributed by atoms with E-state index in [4.69, 9.17) is 15.0 Å². The zero-order chi connectivity index (χ0) is 18.3. The molecule has 0 saturated heterocycles. The van der Waals surface area contributed by atoms with Crippen LogP contribution in [0.3, 0.4) is 0 Å². The molecule has 25 heavy (non-hydrogen) atoms. The topological polar surface area (TPSA) is 138 Å². The number of carbonyl (C=O) groups is 2. The summed E-state index contributed by atoms with van der Waals surface area (Å²) in [5.41, 5.74) is 9.35. The maximum absolute atomic E-state index is 11.7. The molecule has 2 amide bonds. The van der Waals surface area contributed by atoms with E-state index in [0.29, 0.717) is 31.1 Å². The molecule has 0 fully saturated rings. The first-order valence-electron chi connectivity index (χ1n) is 7.47. The second-order valence-corrected chi connectivity index (χ2v) is 4.64. The Balaban J connectivity index is 2.09. The molecule has 134 valence electrons. The molecule has 1 rings (SSSR count). The van der Waals surface area contributed by atoms with Crippen LogP contribution >= 0.6 is 0 Å². The monoisotopic (exact) mass is 348 g/mol. The number of carbonyl (C=O) groups excluding carboxylic acids is 2. The maximum Gasteiger partial charge on any atom is 0.250 e. The van der Waals surface area contributed by atoms with Crippen LogP contribution in [0.2, 0.25) is 0 Å². The predicted molar refractivity (Wildman–Crippen MR) is 90.6 cm³/mol. The van der Waals surface area contributed by atoms with Gasteiger partial charge < -0.3 is 20.1 Å². The lowest BCUT2D eigenvalue weighted by atomic mass is 10.3. The Morgan fingerprint density at radius 2 is 2.12 bits per heavy atom. The van der Waals surface area contributed by atoms with Gasteiger partial charge in [-0.15, -0.1) is 0 Å². The van der Waals surface area contributed by atoms with E-state index in [1.54, 1.807) is 12.1 Å². The minimum Gasteiger partial charge on any atom is -0.377 e. The summed E-state index contributed by atoms with van der Waals surface area (Å²) >= 11 is 0. The van der Waals surface area contributed by atoms with Gasteiger partial charge in [-0.3, -0.25) is 14.6 Å². The third-order valence-corrected chi connectivity index (χ3v) is 2.74. The van der Waals surface area contributed by atoms with Crippen molar-refractivity contribution in [3.05, 3.63) is 47.1 Å². The first kappa shape index (κ1) is 20.1. The first-order valence-corrected chi connectivity index (χ1v) is 7.47. The van der Waals surface area contributed by atoms with E-state index in [1.165, 1.54) is 12.3 Å². The number of aromatic nitrogens is 1. The highest BCUT2D eigenvalue weighted by Gasteiger charge is 2.03. The highest BCUT2D eigenvalue weighted by atomic mass is 16.5. The van der Waals surface area contributed by atoms with Crippen molar-refractivity contribution < 1.29 is 19.1 Å². The molecule has 0 aliphatic carbocycles. The van der Waals surface area contributed by atoms with Gasteiger partial charge >= 0.3 is 0 Å². The fourth-order valence-electron chi connectivity index (χ4n) is 1.60. The van der Waals surface area contributed by atoms with E-state index in [9.17, 15) is 9.59 Å². The Kier molecular flexibility index (Phi) is 10.0. The number of rotatable bonds is 12. The van der Waals surface area contributed by atoms with Crippen LogP contribution in [0.25, 0.3) is 10.4 Å². The van der Waals surface area contributed by atoms with Crippen LogP contribution in [0.5, 0.6) is 0 Å². The van der Waals surface area contributed by atoms with Crippen molar-refractivity contribution in [1.82, 2.24) is 10.3 Å². The molecule has 0 spiro atoms. The number of nitrogens with one attached hydrogen (secondary N) is 2. The van der Waals surface area contributed by atoms with Gasteiger partial charge in [0, 0.05) is 17.2 Å². The van der Waals surface area contributed by atoms with Gasteiger partial charge in [-0.25, -0.2) is 0 Å². The molecular formula is C15H20N6O4. The molecule has 10 nitrogen and oxygen atoms in total. The molecular weight excluding hydrogens is 328 g/mol. The van der Waals surface area contributed by atoms with Gasteiger partial charge in [0.25, 0.3) is 0 Å². The molecule has 0 saturated carbocycles. The summed E-state index contributed by atoms with van der Waals surface area (Å²) in [6, 6.07) is 3.32. The number of hydrogen-bond acceptors (Lipinski definition) is 6. The standard InChI is InChI=1S/C15H20N6O4/c1-2-14(22)17-5-6-24-7-8-25-11-15(23)20-13-4-3-12(18-9-13)10-19-21-16/h2-4,9H,1,5-8,10-11H2,(H,17,22)(H,20,23). The van der Waals surface area contributed by atoms with E-state index in [0.717, 1.165) is 0 Å². The average Bonchev–Trinajstić information content (AvgIpc) is 2.63. The molecule has 0 radical (unpaired) electrons. The third-order valence-electron chi connectivity index (χ3n) is 2.74. The summed E-state index contributed by atoms with van der Waals surface area (Å²) in [7, 11) is 0. The van der Waals surface area contributed by atoms with Crippen LogP contribution in [-0.2, 0) is 25.6 Å². The van der Waals surface area contributed by atoms with Crippen LogP contribution in [0.1, 0.15) is 5.69 Å². The van der Waals surface area contributed by atoms with Crippen LogP contribution in [0, 0.1) is 0 Å². The van der Waals surface area contributed by atoms with Crippen molar-refractivity contribution in [1.29, 1.82) is 0 Å². The van der Waals surface area contributed by atoms with E-state index in [-0.39, 0.29) is 31.6 Å². The number of pyridine rings is 1. The SMILES string of the molecule is C=CC(=O)NCCOCCOCC(=O)Nc1ccc(CN=[N+]=[N-])nc1. The highest BCUT2D eigenvalue weighted by molar-refractivity contribution is 5.91. The number of hydrogen-bond donors (Lipinski definition) is 2. The van der Waals surface area contributed by atoms with Crippen molar-refractivity contribution in [2.24, 2.45) is 5.11 Å². The molecule has 0 unspecified atom stereocenters. The molecule has 0 aliphatic heterocycles. The largest absolute Gasteiger partial charge is 0.377 e. The fraction of sp³-hybridized carbons (Fsp3) is 0.400. The molecule has 0 atom stereocenters. The summed E-state index contributed by atoms with van der Waals surface area (Å²) in [5, 5.41) is 8.59. The number of azide groups is 1. The second-order valence-electron chi connectivity index (χ2n) is 4.64. The molecule has 0 aliphatic rings. The average molecular weight is 348 g/mol. The summed E-state index contributed by atoms with van der Waals surface area (Å²) in [6.45, 7) is 4.68. The molecule has 2 N–H and O–H groups in total. The lowest BCUT2D eigenvalue weighted by molar-refractivity contribution is -0.121. The lowest BCUT2D eigenvalue weighted by Gasteiger charge is -2.07. The zero-order valence-corrected chi connectivity index (χ0v) is 13.7. The van der Waals surface area contributed by atoms with Crippen LogP contribution in [0.15, 0.2) is 36.1 Å². The molecule has 1 heterocycles. The first-order chi connectivity index (χ1) is 12.2. The summed E-state index contributed by atoms with van der Waals surface area (Å²) < 4.78 is 10.4. The van der Waals surface area contributed by atoms with Gasteiger partial charge in [-0.1, -0.05) is 11.7 Å². The van der Waals surface area contributed by atoms with Gasteiger partial charge in [-0.2, -0.15) is 0 Å². The van der Waals surface area contributed by atoms with E-state index < -0.39 is 0 Å². The fourth-order valence-corrected chi connectivity index (χ4v) is 1.60. The van der Waals surface area contributed by atoms with Crippen molar-refractivity contribution in [3.8, 4) is 0 Å². The Morgan fingerprint density at radius 3 is 2.80 bits per heavy atom. The van der Waals surface area contributed by atoms with Crippen LogP contribution < -0.4 is 10.6 Å². The highest BCUT2D eigenvalue weighted by Crippen LogP contribution is 2.07. The Labute approximate surface area is 144 Å². The predicted octanol–water partition coefficient (Wildman–Crippen LogP) is 1.17. The quantitative estimate of drug-likeness (QED) is 0.192. The number of amides is 2. The van der Waals surface area contributed by atoms with Gasteiger partial charge in [0.1, 0.15) is 6.61 Å². The van der Waals surface area contributed by atoms with Gasteiger partial charge in [0.15, 0.2) is 0 Å². The van der Waals surface area contributed by atoms with Gasteiger partial charge in [-0.05, 0) is 23.7 Å². The van der Waals surface area contributed by atoms with E-state index >= 15 is 0 Å². The van der Waals surface area contributed by atoms with E-state index in [2.05, 4.69) is 32.2 Å². The molecule has 10 heteroatoms. The van der Waals surface area contributed by atoms with Crippen molar-refractivity contribution in [2.45, 2.75) is 6.54 Å². The van der Waals surface area contributed by atoms with Crippen molar-refractivity contribution in [3.63, 3.8) is 0 Å². The van der Waals surface area contributed by atoms with Gasteiger partial charge in [0.2, 0.25) is 11.8 Å². The minimum atomic E-state index is -0.317. The number of nitrogens with zero attached hydrogens (tertiary/aromatic N) is 4. The van der Waals surface area contributed by atoms with Crippen LogP contribution in [0.4, 0.5) is 5.69 Å². The molecule has 0 bridgehead atoms. The Bertz CT molecular complexity index is 613. The Hall–Kier alpha value is -2.94. The third kappa shape index (κ3) is 9.72. The summed E-state index contributed by atoms with van der Waals surface area (Å²) in [5.74, 6) is -0.570. The normalized spacial score (nSPS) is 9.76. The number of anilines is 1. The van der Waals surface area contributed by atoms with E-state index in [1.807, 2.05) is 0 Å². The van der Waals surface area contributed by atoms with Crippen molar-refractivity contribution >= 4 is 17.5 Å². The Morgan fingerprint density at radius 1 is 1.32 bits per heavy atom. The summed E-state index contributed by atoms with van der Waals surface area (Å²) in [4.78, 5) is 29.2. The smallest absolute Gasteiger partial charge is 0.250 e. The maximum atomic E-state index is 11.7. The zero-order valence-electron chi connectivity index (χ0n) is 13.7. The summed E-state index contributed by atoms with van der Waals surface area (Å²) in [6.07, 6.45) is 2.66.